The molecule has 7 nitrogen and oxygen atoms in total. The normalized spacial score (nSPS) is 10.4. The highest BCUT2D eigenvalue weighted by Crippen LogP contribution is 2.35. The zero-order valence-electron chi connectivity index (χ0n) is 9.29. The highest BCUT2D eigenvalue weighted by molar-refractivity contribution is 5.99. The molecule has 86 valence electrons. The maximum Gasteiger partial charge on any atom is 0.252 e. The first kappa shape index (κ1) is 10.3. The lowest BCUT2D eigenvalue weighted by atomic mass is 10.2. The fourth-order valence-corrected chi connectivity index (χ4v) is 1.73. The first-order valence-electron chi connectivity index (χ1n) is 4.82. The zero-order valence-corrected chi connectivity index (χ0v) is 9.29. The van der Waals surface area contributed by atoms with Gasteiger partial charge in [-0.3, -0.25) is 4.63 Å². The van der Waals surface area contributed by atoms with Crippen LogP contribution in [0.1, 0.15) is 0 Å². The standard InChI is InChI=1S/C9H13N5O2/c1-10-5-4-6-9(14(15)16-13-6)8(12-3)7(5)11-2/h4,10-12H,1-3H3. The van der Waals surface area contributed by atoms with Crippen LogP contribution in [0.4, 0.5) is 17.1 Å². The first-order chi connectivity index (χ1) is 7.72. The van der Waals surface area contributed by atoms with Gasteiger partial charge in [-0.2, -0.15) is 0 Å². The molecule has 0 saturated carbocycles. The Bertz CT molecular complexity index is 522. The molecule has 0 radical (unpaired) electrons. The maximum absolute atomic E-state index is 11.4. The van der Waals surface area contributed by atoms with Crippen LogP contribution in [0.3, 0.4) is 0 Å². The summed E-state index contributed by atoms with van der Waals surface area (Å²) in [6.45, 7) is 0. The van der Waals surface area contributed by atoms with Crippen LogP contribution >= 0.6 is 0 Å². The summed E-state index contributed by atoms with van der Waals surface area (Å²) in [4.78, 5) is 0.390. The molecule has 0 atom stereocenters. The number of anilines is 3. The van der Waals surface area contributed by atoms with E-state index >= 15 is 0 Å². The Balaban J connectivity index is 2.85. The van der Waals surface area contributed by atoms with Gasteiger partial charge in [-0.05, 0) is 4.90 Å². The topological polar surface area (TPSA) is 89.1 Å². The molecule has 2 rings (SSSR count). The number of aromatic nitrogens is 2. The molecule has 1 aromatic carbocycles. The monoisotopic (exact) mass is 223 g/mol. The summed E-state index contributed by atoms with van der Waals surface area (Å²) in [5.74, 6) is 0. The van der Waals surface area contributed by atoms with Gasteiger partial charge < -0.3 is 21.2 Å². The second kappa shape index (κ2) is 3.76. The first-order valence-corrected chi connectivity index (χ1v) is 4.82. The minimum atomic E-state index is 0.380. The lowest BCUT2D eigenvalue weighted by molar-refractivity contribution is -0.781. The molecule has 0 aliphatic heterocycles. The van der Waals surface area contributed by atoms with Crippen LogP contribution in [-0.4, -0.2) is 26.3 Å². The molecule has 0 saturated heterocycles. The van der Waals surface area contributed by atoms with E-state index in [4.69, 9.17) is 0 Å². The largest absolute Gasteiger partial charge is 0.386 e. The molecule has 0 spiro atoms. The molecule has 16 heavy (non-hydrogen) atoms. The zero-order chi connectivity index (χ0) is 11.7. The van der Waals surface area contributed by atoms with E-state index in [0.717, 1.165) is 11.4 Å². The second-order valence-electron chi connectivity index (χ2n) is 3.22. The van der Waals surface area contributed by atoms with Crippen LogP contribution in [-0.2, 0) is 0 Å². The van der Waals surface area contributed by atoms with Gasteiger partial charge in [-0.1, -0.05) is 0 Å². The van der Waals surface area contributed by atoms with E-state index in [9.17, 15) is 5.21 Å². The van der Waals surface area contributed by atoms with E-state index in [1.165, 1.54) is 0 Å². The Labute approximate surface area is 92.0 Å². The third kappa shape index (κ3) is 1.28. The van der Waals surface area contributed by atoms with Crippen molar-refractivity contribution in [2.75, 3.05) is 37.1 Å². The van der Waals surface area contributed by atoms with E-state index in [1.54, 1.807) is 27.2 Å². The Morgan fingerprint density at radius 1 is 1.19 bits per heavy atom. The van der Waals surface area contributed by atoms with Gasteiger partial charge in [0, 0.05) is 32.4 Å². The predicted octanol–water partition coefficient (Wildman–Crippen LogP) is 0.586. The Morgan fingerprint density at radius 3 is 2.44 bits per heavy atom. The Morgan fingerprint density at radius 2 is 1.88 bits per heavy atom. The SMILES string of the molecule is CNc1cc2no[n+]([O-])c2c(NC)c1NC. The van der Waals surface area contributed by atoms with E-state index < -0.39 is 0 Å². The van der Waals surface area contributed by atoms with E-state index in [2.05, 4.69) is 25.7 Å². The number of hydrogen-bond acceptors (Lipinski definition) is 6. The Kier molecular flexibility index (Phi) is 2.43. The molecule has 1 heterocycles. The van der Waals surface area contributed by atoms with Gasteiger partial charge in [0.2, 0.25) is 0 Å². The lowest BCUT2D eigenvalue weighted by Gasteiger charge is -2.12. The molecule has 0 aliphatic carbocycles. The lowest BCUT2D eigenvalue weighted by Crippen LogP contribution is -2.24. The van der Waals surface area contributed by atoms with Crippen molar-refractivity contribution in [2.45, 2.75) is 0 Å². The number of rotatable bonds is 3. The minimum absolute atomic E-state index is 0.380. The number of hydrogen-bond donors (Lipinski definition) is 3. The smallest absolute Gasteiger partial charge is 0.252 e. The average Bonchev–Trinajstić information content (AvgIpc) is 2.68. The van der Waals surface area contributed by atoms with Crippen LogP contribution in [0, 0.1) is 5.21 Å². The molecule has 7 heteroatoms. The molecule has 2 aromatic rings. The van der Waals surface area contributed by atoms with Crippen molar-refractivity contribution in [3.8, 4) is 0 Å². The van der Waals surface area contributed by atoms with Crippen LogP contribution in [0.5, 0.6) is 0 Å². The quantitative estimate of drug-likeness (QED) is 0.660. The van der Waals surface area contributed by atoms with Crippen molar-refractivity contribution in [2.24, 2.45) is 0 Å². The molecular weight excluding hydrogens is 210 g/mol. The molecule has 3 N–H and O–H groups in total. The summed E-state index contributed by atoms with van der Waals surface area (Å²) in [6, 6.07) is 1.75. The fraction of sp³-hybridized carbons (Fsp3) is 0.333. The highest BCUT2D eigenvalue weighted by atomic mass is 16.8. The van der Waals surface area contributed by atoms with Gasteiger partial charge in [0.15, 0.2) is 0 Å². The van der Waals surface area contributed by atoms with E-state index in [0.29, 0.717) is 21.6 Å². The number of benzene rings is 1. The van der Waals surface area contributed by atoms with Crippen LogP contribution < -0.4 is 20.9 Å². The maximum atomic E-state index is 11.4. The van der Waals surface area contributed by atoms with Gasteiger partial charge in [-0.15, -0.1) is 0 Å². The third-order valence-corrected chi connectivity index (χ3v) is 2.45. The van der Waals surface area contributed by atoms with Crippen LogP contribution in [0.15, 0.2) is 10.7 Å². The predicted molar refractivity (Wildman–Crippen MR) is 61.6 cm³/mol. The van der Waals surface area contributed by atoms with Crippen molar-refractivity contribution in [3.63, 3.8) is 0 Å². The molecule has 1 aromatic heterocycles. The van der Waals surface area contributed by atoms with Crippen molar-refractivity contribution in [1.29, 1.82) is 0 Å². The molecular formula is C9H13N5O2. The number of nitrogens with one attached hydrogen (secondary N) is 3. The second-order valence-corrected chi connectivity index (χ2v) is 3.22. The van der Waals surface area contributed by atoms with Crippen LogP contribution in [0.25, 0.3) is 11.0 Å². The molecule has 0 unspecified atom stereocenters. The molecule has 0 amide bonds. The van der Waals surface area contributed by atoms with Gasteiger partial charge in [-0.25, -0.2) is 0 Å². The summed E-state index contributed by atoms with van der Waals surface area (Å²) >= 11 is 0. The van der Waals surface area contributed by atoms with Crippen LogP contribution in [0.2, 0.25) is 0 Å². The summed E-state index contributed by atoms with van der Waals surface area (Å²) in [5, 5.41) is 24.1. The fourth-order valence-electron chi connectivity index (χ4n) is 1.73. The van der Waals surface area contributed by atoms with Crippen molar-refractivity contribution < 1.29 is 9.53 Å². The van der Waals surface area contributed by atoms with E-state index in [1.807, 2.05) is 0 Å². The highest BCUT2D eigenvalue weighted by Gasteiger charge is 2.20. The number of nitrogens with zero attached hydrogens (tertiary/aromatic N) is 2. The third-order valence-electron chi connectivity index (χ3n) is 2.45. The van der Waals surface area contributed by atoms with Gasteiger partial charge in [0.05, 0.1) is 11.4 Å². The van der Waals surface area contributed by atoms with Crippen molar-refractivity contribution >= 4 is 28.1 Å². The summed E-state index contributed by atoms with van der Waals surface area (Å²) in [6.07, 6.45) is 0. The summed E-state index contributed by atoms with van der Waals surface area (Å²) in [5.41, 5.74) is 3.17. The average molecular weight is 223 g/mol. The van der Waals surface area contributed by atoms with Crippen molar-refractivity contribution in [3.05, 3.63) is 11.3 Å². The van der Waals surface area contributed by atoms with E-state index in [-0.39, 0.29) is 0 Å². The molecule has 0 aliphatic rings. The molecule has 0 fully saturated rings. The minimum Gasteiger partial charge on any atom is -0.386 e. The summed E-state index contributed by atoms with van der Waals surface area (Å²) < 4.78 is 4.57. The number of fused-ring (bicyclic) bond motifs is 1. The Hall–Kier alpha value is -2.18. The van der Waals surface area contributed by atoms with Gasteiger partial charge in [0.25, 0.3) is 11.0 Å². The van der Waals surface area contributed by atoms with Gasteiger partial charge >= 0.3 is 0 Å². The molecule has 0 bridgehead atoms. The van der Waals surface area contributed by atoms with Gasteiger partial charge in [0.1, 0.15) is 5.69 Å². The summed E-state index contributed by atoms with van der Waals surface area (Å²) in [7, 11) is 5.32. The van der Waals surface area contributed by atoms with Crippen molar-refractivity contribution in [1.82, 2.24) is 5.16 Å².